The van der Waals surface area contributed by atoms with Crippen LogP contribution in [0, 0.1) is 0 Å². The first-order valence-electron chi connectivity index (χ1n) is 7.30. The second-order valence-corrected chi connectivity index (χ2v) is 5.64. The zero-order chi connectivity index (χ0) is 15.1. The lowest BCUT2D eigenvalue weighted by Crippen LogP contribution is -2.18. The van der Waals surface area contributed by atoms with Crippen molar-refractivity contribution < 1.29 is 9.53 Å². The summed E-state index contributed by atoms with van der Waals surface area (Å²) in [5.74, 6) is 0.971. The maximum Gasteiger partial charge on any atom is 0.346 e. The standard InChI is InChI=1S/C17H15N3O2/c1-10-6-12-7-11(2-5-16(12)22-10)9-18-13-3-4-14-15(8-13)20-17(21)19-14/h2-5,7-10,13H,6H2,1H3,(H,20,21). The maximum absolute atomic E-state index is 11.2. The van der Waals surface area contributed by atoms with Crippen LogP contribution in [-0.2, 0) is 6.42 Å². The number of aliphatic imine (C=N–C) groups is 2. The van der Waals surface area contributed by atoms with E-state index < -0.39 is 0 Å². The van der Waals surface area contributed by atoms with Crippen LogP contribution in [0.15, 0.2) is 52.1 Å². The molecule has 1 aliphatic carbocycles. The minimum Gasteiger partial charge on any atom is -0.490 e. The summed E-state index contributed by atoms with van der Waals surface area (Å²) in [6.45, 7) is 2.07. The van der Waals surface area contributed by atoms with Gasteiger partial charge >= 0.3 is 6.03 Å². The summed E-state index contributed by atoms with van der Waals surface area (Å²) in [7, 11) is 0. The number of urea groups is 1. The van der Waals surface area contributed by atoms with Gasteiger partial charge in [-0.2, -0.15) is 4.99 Å². The van der Waals surface area contributed by atoms with Gasteiger partial charge in [0.2, 0.25) is 0 Å². The first-order chi connectivity index (χ1) is 10.7. The summed E-state index contributed by atoms with van der Waals surface area (Å²) < 4.78 is 5.70. The highest BCUT2D eigenvalue weighted by Crippen LogP contribution is 2.29. The Morgan fingerprint density at radius 3 is 3.27 bits per heavy atom. The molecule has 3 aliphatic rings. The smallest absolute Gasteiger partial charge is 0.346 e. The number of carbonyl (C=O) groups excluding carboxylic acids is 1. The van der Waals surface area contributed by atoms with E-state index in [1.807, 2.05) is 36.6 Å². The molecule has 5 heteroatoms. The summed E-state index contributed by atoms with van der Waals surface area (Å²) in [6, 6.07) is 5.72. The lowest BCUT2D eigenvalue weighted by molar-refractivity contribution is 0.253. The molecule has 2 atom stereocenters. The molecule has 4 rings (SSSR count). The number of carbonyl (C=O) groups is 1. The van der Waals surface area contributed by atoms with Gasteiger partial charge in [-0.05, 0) is 48.4 Å². The molecule has 0 saturated carbocycles. The van der Waals surface area contributed by atoms with E-state index in [1.165, 1.54) is 5.56 Å². The zero-order valence-corrected chi connectivity index (χ0v) is 12.1. The average Bonchev–Trinajstić information content (AvgIpc) is 3.04. The van der Waals surface area contributed by atoms with Crippen molar-refractivity contribution in [2.75, 3.05) is 0 Å². The monoisotopic (exact) mass is 293 g/mol. The molecule has 0 aromatic heterocycles. The van der Waals surface area contributed by atoms with Crippen molar-refractivity contribution in [1.82, 2.24) is 5.32 Å². The summed E-state index contributed by atoms with van der Waals surface area (Å²) >= 11 is 0. The third-order valence-corrected chi connectivity index (χ3v) is 3.84. The van der Waals surface area contributed by atoms with E-state index in [0.717, 1.165) is 23.4 Å². The molecule has 110 valence electrons. The maximum atomic E-state index is 11.2. The van der Waals surface area contributed by atoms with Crippen molar-refractivity contribution in [3.8, 4) is 5.75 Å². The van der Waals surface area contributed by atoms with Crippen molar-refractivity contribution >= 4 is 18.0 Å². The molecule has 0 bridgehead atoms. The van der Waals surface area contributed by atoms with E-state index in [0.29, 0.717) is 5.71 Å². The van der Waals surface area contributed by atoms with Gasteiger partial charge in [-0.3, -0.25) is 4.99 Å². The fourth-order valence-corrected chi connectivity index (χ4v) is 2.83. The Kier molecular flexibility index (Phi) is 2.92. The molecular formula is C17H15N3O2. The highest BCUT2D eigenvalue weighted by molar-refractivity contribution is 6.19. The number of hydrogen-bond acceptors (Lipinski definition) is 3. The largest absolute Gasteiger partial charge is 0.490 e. The fraction of sp³-hybridized carbons (Fsp3) is 0.235. The van der Waals surface area contributed by atoms with Crippen molar-refractivity contribution in [2.24, 2.45) is 9.98 Å². The highest BCUT2D eigenvalue weighted by Gasteiger charge is 2.21. The van der Waals surface area contributed by atoms with Crippen LogP contribution in [0.3, 0.4) is 0 Å². The SMILES string of the molecule is CC1Cc2cc(C=NC3C=CC4=NC(=O)NC4=C3)ccc2O1. The summed E-state index contributed by atoms with van der Waals surface area (Å²) in [4.78, 5) is 19.6. The number of allylic oxidation sites excluding steroid dienone is 1. The Morgan fingerprint density at radius 1 is 1.45 bits per heavy atom. The predicted molar refractivity (Wildman–Crippen MR) is 84.8 cm³/mol. The van der Waals surface area contributed by atoms with E-state index >= 15 is 0 Å². The third kappa shape index (κ3) is 2.35. The Bertz CT molecular complexity index is 774. The number of nitrogens with zero attached hydrogens (tertiary/aromatic N) is 2. The van der Waals surface area contributed by atoms with Crippen molar-refractivity contribution in [3.63, 3.8) is 0 Å². The molecule has 2 heterocycles. The van der Waals surface area contributed by atoms with Crippen LogP contribution < -0.4 is 10.1 Å². The molecule has 0 spiro atoms. The Hall–Kier alpha value is -2.69. The van der Waals surface area contributed by atoms with E-state index in [9.17, 15) is 4.79 Å². The fourth-order valence-electron chi connectivity index (χ4n) is 2.83. The van der Waals surface area contributed by atoms with Crippen molar-refractivity contribution in [3.05, 3.63) is 53.3 Å². The Balaban J connectivity index is 1.52. The van der Waals surface area contributed by atoms with Gasteiger partial charge in [-0.25, -0.2) is 4.79 Å². The molecule has 2 aliphatic heterocycles. The van der Waals surface area contributed by atoms with Gasteiger partial charge in [0.25, 0.3) is 0 Å². The van der Waals surface area contributed by atoms with Crippen LogP contribution in [0.4, 0.5) is 4.79 Å². The topological polar surface area (TPSA) is 63.0 Å². The van der Waals surface area contributed by atoms with Crippen LogP contribution in [0.1, 0.15) is 18.1 Å². The summed E-state index contributed by atoms with van der Waals surface area (Å²) in [5, 5.41) is 2.70. The Labute approximate surface area is 128 Å². The van der Waals surface area contributed by atoms with Gasteiger partial charge in [-0.1, -0.05) is 6.08 Å². The number of benzene rings is 1. The van der Waals surface area contributed by atoms with Crippen molar-refractivity contribution in [1.29, 1.82) is 0 Å². The molecule has 0 fully saturated rings. The summed E-state index contributed by atoms with van der Waals surface area (Å²) in [6.07, 6.45) is 8.70. The van der Waals surface area contributed by atoms with Gasteiger partial charge in [0, 0.05) is 12.6 Å². The number of ether oxygens (including phenoxy) is 1. The van der Waals surface area contributed by atoms with E-state index in [1.54, 1.807) is 0 Å². The molecular weight excluding hydrogens is 278 g/mol. The molecule has 0 saturated heterocycles. The number of rotatable bonds is 2. The second kappa shape index (κ2) is 4.94. The zero-order valence-electron chi connectivity index (χ0n) is 12.1. The molecule has 5 nitrogen and oxygen atoms in total. The van der Waals surface area contributed by atoms with Gasteiger partial charge < -0.3 is 10.1 Å². The molecule has 1 aromatic rings. The van der Waals surface area contributed by atoms with Gasteiger partial charge in [-0.15, -0.1) is 0 Å². The van der Waals surface area contributed by atoms with E-state index in [4.69, 9.17) is 4.74 Å². The first-order valence-corrected chi connectivity index (χ1v) is 7.30. The van der Waals surface area contributed by atoms with E-state index in [-0.39, 0.29) is 18.2 Å². The molecule has 1 N–H and O–H groups in total. The average molecular weight is 293 g/mol. The molecule has 2 unspecified atom stereocenters. The van der Waals surface area contributed by atoms with Crippen LogP contribution in [-0.4, -0.2) is 30.1 Å². The minimum atomic E-state index is -0.316. The minimum absolute atomic E-state index is 0.0872. The predicted octanol–water partition coefficient (Wildman–Crippen LogP) is 2.42. The van der Waals surface area contributed by atoms with Crippen LogP contribution in [0.2, 0.25) is 0 Å². The number of amides is 2. The second-order valence-electron chi connectivity index (χ2n) is 5.64. The first kappa shape index (κ1) is 13.0. The van der Waals surface area contributed by atoms with Crippen molar-refractivity contribution in [2.45, 2.75) is 25.5 Å². The molecule has 1 aromatic carbocycles. The van der Waals surface area contributed by atoms with Crippen LogP contribution in [0.5, 0.6) is 5.75 Å². The summed E-state index contributed by atoms with van der Waals surface area (Å²) in [5.41, 5.74) is 3.70. The quantitative estimate of drug-likeness (QED) is 0.851. The lowest BCUT2D eigenvalue weighted by Gasteiger charge is -2.09. The highest BCUT2D eigenvalue weighted by atomic mass is 16.5. The third-order valence-electron chi connectivity index (χ3n) is 3.84. The number of nitrogens with one attached hydrogen (secondary N) is 1. The lowest BCUT2D eigenvalue weighted by atomic mass is 10.1. The molecule has 0 radical (unpaired) electrons. The Morgan fingerprint density at radius 2 is 2.36 bits per heavy atom. The molecule has 22 heavy (non-hydrogen) atoms. The van der Waals surface area contributed by atoms with Crippen LogP contribution >= 0.6 is 0 Å². The van der Waals surface area contributed by atoms with Gasteiger partial charge in [0.1, 0.15) is 11.9 Å². The van der Waals surface area contributed by atoms with Gasteiger partial charge in [0.15, 0.2) is 0 Å². The number of hydrogen-bond donors (Lipinski definition) is 1. The van der Waals surface area contributed by atoms with E-state index in [2.05, 4.69) is 28.3 Å². The molecule has 2 amide bonds. The number of fused-ring (bicyclic) bond motifs is 2. The normalized spacial score (nSPS) is 25.4. The van der Waals surface area contributed by atoms with Gasteiger partial charge in [0.05, 0.1) is 17.5 Å². The van der Waals surface area contributed by atoms with Crippen LogP contribution in [0.25, 0.3) is 0 Å².